The molecule has 1 aromatic rings. The molecule has 0 unspecified atom stereocenters. The third-order valence-corrected chi connectivity index (χ3v) is 3.26. The Morgan fingerprint density at radius 2 is 1.79 bits per heavy atom. The molecule has 0 aliphatic carbocycles. The van der Waals surface area contributed by atoms with Gasteiger partial charge in [0.2, 0.25) is 0 Å². The highest BCUT2D eigenvalue weighted by molar-refractivity contribution is 5.96. The Morgan fingerprint density at radius 3 is 2.41 bits per heavy atom. The van der Waals surface area contributed by atoms with E-state index in [0.717, 1.165) is 0 Å². The van der Waals surface area contributed by atoms with E-state index in [2.05, 4.69) is 15.4 Å². The van der Waals surface area contributed by atoms with Gasteiger partial charge in [0.15, 0.2) is 6.10 Å². The monoisotopic (exact) mass is 416 g/mol. The fourth-order valence-electron chi connectivity index (χ4n) is 2.05. The van der Waals surface area contributed by atoms with Gasteiger partial charge in [-0.1, -0.05) is 12.1 Å². The maximum Gasteiger partial charge on any atom is 0.407 e. The fourth-order valence-corrected chi connectivity index (χ4v) is 2.05. The number of esters is 1. The number of nitrogens with one attached hydrogen (secondary N) is 2. The minimum absolute atomic E-state index is 0.0293. The first-order valence-corrected chi connectivity index (χ1v) is 8.99. The molecule has 0 aromatic heterocycles. The van der Waals surface area contributed by atoms with Gasteiger partial charge in [0, 0.05) is 13.0 Å². The molecule has 1 aromatic carbocycles. The van der Waals surface area contributed by atoms with E-state index in [-0.39, 0.29) is 30.8 Å². The van der Waals surface area contributed by atoms with Gasteiger partial charge in [0.05, 0.1) is 5.69 Å². The highest BCUT2D eigenvalue weighted by Gasteiger charge is 2.20. The van der Waals surface area contributed by atoms with E-state index in [1.165, 1.54) is 31.2 Å². The van der Waals surface area contributed by atoms with Gasteiger partial charge in [0.25, 0.3) is 5.91 Å². The van der Waals surface area contributed by atoms with Crippen molar-refractivity contribution in [3.63, 3.8) is 0 Å². The van der Waals surface area contributed by atoms with Crippen molar-refractivity contribution < 1.29 is 37.4 Å². The largest absolute Gasteiger partial charge is 0.453 e. The van der Waals surface area contributed by atoms with E-state index in [1.807, 2.05) is 0 Å². The minimum atomic E-state index is -3.04. The number of ether oxygens (including phenoxy) is 3. The van der Waals surface area contributed by atoms with Gasteiger partial charge >= 0.3 is 18.7 Å². The van der Waals surface area contributed by atoms with Crippen molar-refractivity contribution in [1.29, 1.82) is 0 Å². The standard InChI is InChI=1S/C19H26F2N2O6/c1-12(16(25)23-13-8-5-6-9-14(13)28-17(20)21)27-15(24)10-7-11-22-18(26)29-19(2,3)4/h5-6,8-9,12,17H,7,10-11H2,1-4H3,(H,22,26)(H,23,25)/t12-/m0/s1. The molecular formula is C19H26F2N2O6. The van der Waals surface area contributed by atoms with Crippen LogP contribution in [-0.4, -0.2) is 42.8 Å². The molecule has 2 amide bonds. The normalized spacial score (nSPS) is 12.1. The molecule has 8 nitrogen and oxygen atoms in total. The number of halogens is 2. The number of alkyl carbamates (subject to hydrolysis) is 1. The summed E-state index contributed by atoms with van der Waals surface area (Å²) < 4.78 is 39.2. The number of benzene rings is 1. The molecule has 1 rings (SSSR count). The molecule has 0 aliphatic rings. The Bertz CT molecular complexity index is 706. The SMILES string of the molecule is C[C@H](OC(=O)CCCNC(=O)OC(C)(C)C)C(=O)Nc1ccccc1OC(F)F. The molecule has 2 N–H and O–H groups in total. The lowest BCUT2D eigenvalue weighted by Crippen LogP contribution is -2.33. The third kappa shape index (κ3) is 10.3. The highest BCUT2D eigenvalue weighted by atomic mass is 19.3. The molecule has 162 valence electrons. The number of carbonyl (C=O) groups is 3. The van der Waals surface area contributed by atoms with Gasteiger partial charge in [-0.2, -0.15) is 8.78 Å². The first kappa shape index (κ1) is 24.1. The van der Waals surface area contributed by atoms with Gasteiger partial charge in [-0.3, -0.25) is 9.59 Å². The molecule has 0 saturated carbocycles. The number of hydrogen-bond donors (Lipinski definition) is 2. The van der Waals surface area contributed by atoms with Crippen molar-refractivity contribution in [2.45, 2.75) is 58.9 Å². The number of para-hydroxylation sites is 2. The summed E-state index contributed by atoms with van der Waals surface area (Å²) in [5.74, 6) is -1.55. The fraction of sp³-hybridized carbons (Fsp3) is 0.526. The second kappa shape index (κ2) is 11.2. The highest BCUT2D eigenvalue weighted by Crippen LogP contribution is 2.25. The third-order valence-electron chi connectivity index (χ3n) is 3.26. The molecule has 0 radical (unpaired) electrons. The number of amides is 2. The van der Waals surface area contributed by atoms with Crippen molar-refractivity contribution in [2.75, 3.05) is 11.9 Å². The topological polar surface area (TPSA) is 103 Å². The number of carbonyl (C=O) groups excluding carboxylic acids is 3. The van der Waals surface area contributed by atoms with Gasteiger partial charge in [0.1, 0.15) is 11.4 Å². The van der Waals surface area contributed by atoms with Gasteiger partial charge in [-0.05, 0) is 46.2 Å². The van der Waals surface area contributed by atoms with Crippen LogP contribution in [0.3, 0.4) is 0 Å². The molecule has 1 atom stereocenters. The van der Waals surface area contributed by atoms with Crippen LogP contribution in [-0.2, 0) is 19.1 Å². The predicted octanol–water partition coefficient (Wildman–Crippen LogP) is 3.46. The first-order chi connectivity index (χ1) is 13.5. The van der Waals surface area contributed by atoms with Gasteiger partial charge in [-0.15, -0.1) is 0 Å². The Labute approximate surface area is 167 Å². The van der Waals surface area contributed by atoms with Crippen LogP contribution < -0.4 is 15.4 Å². The molecule has 0 fully saturated rings. The maximum absolute atomic E-state index is 12.4. The van der Waals surface area contributed by atoms with Gasteiger partial charge < -0.3 is 24.8 Å². The molecule has 0 saturated heterocycles. The number of hydrogen-bond acceptors (Lipinski definition) is 6. The summed E-state index contributed by atoms with van der Waals surface area (Å²) in [5.41, 5.74) is -0.590. The average Bonchev–Trinajstić information content (AvgIpc) is 2.58. The van der Waals surface area contributed by atoms with Crippen LogP contribution in [0.25, 0.3) is 0 Å². The molecule has 0 bridgehead atoms. The number of anilines is 1. The summed E-state index contributed by atoms with van der Waals surface area (Å²) in [6.07, 6.45) is -1.49. The smallest absolute Gasteiger partial charge is 0.407 e. The second-order valence-electron chi connectivity index (χ2n) is 7.03. The summed E-state index contributed by atoms with van der Waals surface area (Å²) >= 11 is 0. The van der Waals surface area contributed by atoms with Crippen LogP contribution in [0.2, 0.25) is 0 Å². The van der Waals surface area contributed by atoms with Crippen molar-refractivity contribution in [3.8, 4) is 5.75 Å². The van der Waals surface area contributed by atoms with Crippen LogP contribution in [0.4, 0.5) is 19.3 Å². The van der Waals surface area contributed by atoms with Crippen LogP contribution in [0.15, 0.2) is 24.3 Å². The van der Waals surface area contributed by atoms with Crippen molar-refractivity contribution >= 4 is 23.7 Å². The van der Waals surface area contributed by atoms with Gasteiger partial charge in [-0.25, -0.2) is 4.79 Å². The van der Waals surface area contributed by atoms with E-state index in [0.29, 0.717) is 0 Å². The van der Waals surface area contributed by atoms with E-state index in [9.17, 15) is 23.2 Å². The molecule has 0 aliphatic heterocycles. The number of rotatable bonds is 9. The molecule has 0 spiro atoms. The summed E-state index contributed by atoms with van der Waals surface area (Å²) in [6, 6.07) is 5.66. The summed E-state index contributed by atoms with van der Waals surface area (Å²) in [7, 11) is 0. The van der Waals surface area contributed by atoms with Crippen LogP contribution in [0, 0.1) is 0 Å². The Morgan fingerprint density at radius 1 is 1.14 bits per heavy atom. The molecule has 29 heavy (non-hydrogen) atoms. The van der Waals surface area contributed by atoms with E-state index >= 15 is 0 Å². The maximum atomic E-state index is 12.4. The van der Waals surface area contributed by atoms with E-state index in [1.54, 1.807) is 20.8 Å². The zero-order valence-corrected chi connectivity index (χ0v) is 16.8. The molecular weight excluding hydrogens is 390 g/mol. The summed E-state index contributed by atoms with van der Waals surface area (Å²) in [6.45, 7) is 3.70. The quantitative estimate of drug-likeness (QED) is 0.472. The lowest BCUT2D eigenvalue weighted by atomic mass is 10.2. The Kier molecular flexibility index (Phi) is 9.30. The first-order valence-electron chi connectivity index (χ1n) is 8.99. The summed E-state index contributed by atoms with van der Waals surface area (Å²) in [4.78, 5) is 35.4. The lowest BCUT2D eigenvalue weighted by molar-refractivity contribution is -0.153. The second-order valence-corrected chi connectivity index (χ2v) is 7.03. The van der Waals surface area contributed by atoms with Crippen molar-refractivity contribution in [1.82, 2.24) is 5.32 Å². The van der Waals surface area contributed by atoms with E-state index in [4.69, 9.17) is 9.47 Å². The minimum Gasteiger partial charge on any atom is -0.453 e. The Balaban J connectivity index is 2.40. The van der Waals surface area contributed by atoms with Crippen LogP contribution in [0.5, 0.6) is 5.75 Å². The molecule has 10 heteroatoms. The van der Waals surface area contributed by atoms with Crippen LogP contribution >= 0.6 is 0 Å². The average molecular weight is 416 g/mol. The van der Waals surface area contributed by atoms with Crippen LogP contribution in [0.1, 0.15) is 40.5 Å². The van der Waals surface area contributed by atoms with Crippen molar-refractivity contribution in [3.05, 3.63) is 24.3 Å². The van der Waals surface area contributed by atoms with Crippen molar-refractivity contribution in [2.24, 2.45) is 0 Å². The zero-order chi connectivity index (χ0) is 22.0. The predicted molar refractivity (Wildman–Crippen MR) is 101 cm³/mol. The number of alkyl halides is 2. The lowest BCUT2D eigenvalue weighted by Gasteiger charge is -2.19. The Hall–Kier alpha value is -2.91. The zero-order valence-electron chi connectivity index (χ0n) is 16.8. The molecule has 0 heterocycles. The van der Waals surface area contributed by atoms with E-state index < -0.39 is 36.3 Å². The summed E-state index contributed by atoms with van der Waals surface area (Å²) in [5, 5.41) is 4.88.